The van der Waals surface area contributed by atoms with Gasteiger partial charge in [0.2, 0.25) is 5.82 Å². The van der Waals surface area contributed by atoms with Crippen molar-refractivity contribution >= 4 is 11.3 Å². The number of pyridine rings is 1. The Kier molecular flexibility index (Phi) is 4.46. The molecule has 142 valence electrons. The smallest absolute Gasteiger partial charge is 0.200 e. The molecule has 0 fully saturated rings. The molecule has 9 heteroatoms. The monoisotopic (exact) mass is 407 g/mol. The van der Waals surface area contributed by atoms with Gasteiger partial charge in [-0.25, -0.2) is 22.0 Å². The van der Waals surface area contributed by atoms with Crippen LogP contribution in [0, 0.1) is 36.0 Å². The average Bonchev–Trinajstić information content (AvgIpc) is 3.35. The zero-order valence-corrected chi connectivity index (χ0v) is 15.0. The molecule has 1 N–H and O–H groups in total. The summed E-state index contributed by atoms with van der Waals surface area (Å²) in [5.74, 6) is -10.1. The van der Waals surface area contributed by atoms with E-state index in [1.165, 1.54) is 6.07 Å². The number of hydrogen-bond acceptors (Lipinski definition) is 3. The van der Waals surface area contributed by atoms with Crippen LogP contribution in [0.5, 0.6) is 0 Å². The summed E-state index contributed by atoms with van der Waals surface area (Å²) in [5.41, 5.74) is 0.0565. The highest BCUT2D eigenvalue weighted by Gasteiger charge is 2.28. The van der Waals surface area contributed by atoms with Gasteiger partial charge in [0.25, 0.3) is 0 Å². The normalized spacial score (nSPS) is 11.2. The zero-order valence-electron chi connectivity index (χ0n) is 14.2. The maximum atomic E-state index is 14.0. The maximum absolute atomic E-state index is 14.0. The van der Waals surface area contributed by atoms with Crippen molar-refractivity contribution in [2.45, 2.75) is 6.92 Å². The first-order chi connectivity index (χ1) is 13.4. The molecule has 0 aliphatic carbocycles. The van der Waals surface area contributed by atoms with Gasteiger partial charge in [0, 0.05) is 21.5 Å². The molecule has 0 atom stereocenters. The molecular formula is C19H10F5N3S. The Labute approximate surface area is 159 Å². The molecule has 0 saturated carbocycles. The summed E-state index contributed by atoms with van der Waals surface area (Å²) >= 11 is 1.61. The van der Waals surface area contributed by atoms with Gasteiger partial charge in [-0.2, -0.15) is 5.10 Å². The molecule has 0 radical (unpaired) electrons. The summed E-state index contributed by atoms with van der Waals surface area (Å²) in [6.07, 6.45) is 1.62. The van der Waals surface area contributed by atoms with E-state index in [-0.39, 0.29) is 5.69 Å². The van der Waals surface area contributed by atoms with E-state index in [0.717, 1.165) is 15.3 Å². The Hall–Kier alpha value is -3.07. The molecule has 1 aromatic carbocycles. The predicted octanol–water partition coefficient (Wildman–Crippen LogP) is 5.87. The quantitative estimate of drug-likeness (QED) is 0.262. The van der Waals surface area contributed by atoms with E-state index in [9.17, 15) is 22.0 Å². The molecule has 4 rings (SSSR count). The minimum Gasteiger partial charge on any atom is -0.276 e. The molecule has 4 aromatic rings. The fourth-order valence-corrected chi connectivity index (χ4v) is 3.56. The van der Waals surface area contributed by atoms with E-state index < -0.39 is 40.3 Å². The van der Waals surface area contributed by atoms with Gasteiger partial charge in [-0.3, -0.25) is 10.1 Å². The fraction of sp³-hybridized carbons (Fsp3) is 0.0526. The minimum absolute atomic E-state index is 0.271. The Balaban J connectivity index is 1.71. The number of benzene rings is 1. The topological polar surface area (TPSA) is 41.6 Å². The van der Waals surface area contributed by atoms with Crippen LogP contribution in [-0.2, 0) is 0 Å². The van der Waals surface area contributed by atoms with Gasteiger partial charge >= 0.3 is 0 Å². The number of hydrogen-bond donors (Lipinski definition) is 1. The first-order valence-corrected chi connectivity index (χ1v) is 8.79. The zero-order chi connectivity index (χ0) is 20.0. The lowest BCUT2D eigenvalue weighted by molar-refractivity contribution is 0.381. The van der Waals surface area contributed by atoms with Gasteiger partial charge < -0.3 is 0 Å². The Morgan fingerprint density at radius 3 is 2.07 bits per heavy atom. The van der Waals surface area contributed by atoms with Crippen LogP contribution < -0.4 is 0 Å². The molecule has 0 saturated heterocycles. The molecular weight excluding hydrogens is 397 g/mol. The van der Waals surface area contributed by atoms with Crippen molar-refractivity contribution in [2.24, 2.45) is 0 Å². The van der Waals surface area contributed by atoms with E-state index in [4.69, 9.17) is 0 Å². The van der Waals surface area contributed by atoms with E-state index in [1.54, 1.807) is 23.6 Å². The van der Waals surface area contributed by atoms with Crippen molar-refractivity contribution in [1.82, 2.24) is 15.2 Å². The highest BCUT2D eigenvalue weighted by Crippen LogP contribution is 2.33. The van der Waals surface area contributed by atoms with Gasteiger partial charge in [0.1, 0.15) is 0 Å². The third-order valence-corrected chi connectivity index (χ3v) is 5.16. The number of halogens is 5. The second-order valence-electron chi connectivity index (χ2n) is 5.95. The standard InChI is InChI=1S/C19H10F5N3S/c1-8-2-5-13(28-8)9-3-4-10(25-7-9)11-6-12(27-26-11)14-15(20)17(22)19(24)18(23)16(14)21/h2-7H,1H3,(H,26,27). The summed E-state index contributed by atoms with van der Waals surface area (Å²) in [6, 6.07) is 8.61. The van der Waals surface area contributed by atoms with E-state index in [0.29, 0.717) is 5.69 Å². The van der Waals surface area contributed by atoms with Gasteiger partial charge in [-0.05, 0) is 37.3 Å². The van der Waals surface area contributed by atoms with Crippen molar-refractivity contribution in [2.75, 3.05) is 0 Å². The number of aromatic amines is 1. The summed E-state index contributed by atoms with van der Waals surface area (Å²) < 4.78 is 67.9. The lowest BCUT2D eigenvalue weighted by atomic mass is 10.1. The third kappa shape index (κ3) is 2.97. The van der Waals surface area contributed by atoms with E-state index in [2.05, 4.69) is 15.2 Å². The maximum Gasteiger partial charge on any atom is 0.200 e. The number of nitrogens with zero attached hydrogens (tertiary/aromatic N) is 2. The van der Waals surface area contributed by atoms with Crippen molar-refractivity contribution in [3.8, 4) is 33.1 Å². The van der Waals surface area contributed by atoms with Crippen LogP contribution >= 0.6 is 11.3 Å². The second kappa shape index (κ2) is 6.83. The number of aromatic nitrogens is 3. The van der Waals surface area contributed by atoms with Crippen LogP contribution in [0.1, 0.15) is 4.88 Å². The SMILES string of the molecule is Cc1ccc(-c2ccc(-c3cc(-c4c(F)c(F)c(F)c(F)c4F)n[nH]3)nc2)s1. The van der Waals surface area contributed by atoms with Crippen LogP contribution in [0.3, 0.4) is 0 Å². The van der Waals surface area contributed by atoms with Crippen LogP contribution in [0.2, 0.25) is 0 Å². The highest BCUT2D eigenvalue weighted by atomic mass is 32.1. The number of aryl methyl sites for hydroxylation is 1. The van der Waals surface area contributed by atoms with Crippen LogP contribution in [-0.4, -0.2) is 15.2 Å². The molecule has 0 spiro atoms. The lowest BCUT2D eigenvalue weighted by Gasteiger charge is -2.05. The first-order valence-electron chi connectivity index (χ1n) is 7.97. The van der Waals surface area contributed by atoms with Gasteiger partial charge in [0.15, 0.2) is 23.3 Å². The molecule has 3 nitrogen and oxygen atoms in total. The second-order valence-corrected chi connectivity index (χ2v) is 7.24. The first kappa shape index (κ1) is 18.3. The molecule has 0 bridgehead atoms. The summed E-state index contributed by atoms with van der Waals surface area (Å²) in [4.78, 5) is 6.46. The van der Waals surface area contributed by atoms with E-state index in [1.807, 2.05) is 25.1 Å². The summed E-state index contributed by atoms with van der Waals surface area (Å²) in [7, 11) is 0. The molecule has 0 aliphatic rings. The number of thiophene rings is 1. The summed E-state index contributed by atoms with van der Waals surface area (Å²) in [6.45, 7) is 1.99. The molecule has 0 amide bonds. The van der Waals surface area contributed by atoms with Gasteiger partial charge in [-0.1, -0.05) is 0 Å². The lowest BCUT2D eigenvalue weighted by Crippen LogP contribution is -2.04. The van der Waals surface area contributed by atoms with E-state index >= 15 is 0 Å². The van der Waals surface area contributed by atoms with Gasteiger partial charge in [-0.15, -0.1) is 11.3 Å². The number of rotatable bonds is 3. The highest BCUT2D eigenvalue weighted by molar-refractivity contribution is 7.15. The number of nitrogens with one attached hydrogen (secondary N) is 1. The minimum atomic E-state index is -2.21. The van der Waals surface area contributed by atoms with Crippen LogP contribution in [0.25, 0.3) is 33.1 Å². The van der Waals surface area contributed by atoms with Gasteiger partial charge in [0.05, 0.1) is 22.6 Å². The van der Waals surface area contributed by atoms with Crippen LogP contribution in [0.15, 0.2) is 36.5 Å². The van der Waals surface area contributed by atoms with Crippen molar-refractivity contribution in [3.05, 3.63) is 70.5 Å². The fourth-order valence-electron chi connectivity index (χ4n) is 2.70. The Morgan fingerprint density at radius 1 is 0.821 bits per heavy atom. The Morgan fingerprint density at radius 2 is 1.50 bits per heavy atom. The molecule has 3 heterocycles. The molecule has 0 aliphatic heterocycles. The molecule has 3 aromatic heterocycles. The molecule has 0 unspecified atom stereocenters. The third-order valence-electron chi connectivity index (χ3n) is 4.11. The summed E-state index contributed by atoms with van der Waals surface area (Å²) in [5, 5.41) is 6.19. The predicted molar refractivity (Wildman–Crippen MR) is 95.1 cm³/mol. The molecule has 28 heavy (non-hydrogen) atoms. The number of H-pyrrole nitrogens is 1. The van der Waals surface area contributed by atoms with Crippen molar-refractivity contribution in [3.63, 3.8) is 0 Å². The van der Waals surface area contributed by atoms with Crippen molar-refractivity contribution < 1.29 is 22.0 Å². The van der Waals surface area contributed by atoms with Crippen molar-refractivity contribution in [1.29, 1.82) is 0 Å². The largest absolute Gasteiger partial charge is 0.276 e. The van der Waals surface area contributed by atoms with Crippen LogP contribution in [0.4, 0.5) is 22.0 Å². The Bertz CT molecular complexity index is 1150. The average molecular weight is 407 g/mol.